The molecule has 0 aromatic heterocycles. The van der Waals surface area contributed by atoms with Crippen molar-refractivity contribution in [3.05, 3.63) is 11.6 Å². The van der Waals surface area contributed by atoms with Crippen LogP contribution < -0.4 is 0 Å². The van der Waals surface area contributed by atoms with Gasteiger partial charge < -0.3 is 10.2 Å². The van der Waals surface area contributed by atoms with Gasteiger partial charge in [0.05, 0.1) is 30.4 Å². The summed E-state index contributed by atoms with van der Waals surface area (Å²) in [5.41, 5.74) is 0.0547. The number of aliphatic hydroxyl groups excluding tert-OH is 1. The van der Waals surface area contributed by atoms with Gasteiger partial charge in [0.25, 0.3) is 0 Å². The third kappa shape index (κ3) is 2.48. The Labute approximate surface area is 190 Å². The summed E-state index contributed by atoms with van der Waals surface area (Å²) in [4.78, 5) is 40.7. The van der Waals surface area contributed by atoms with Gasteiger partial charge in [-0.2, -0.15) is 0 Å². The monoisotopic (exact) mass is 443 g/mol. The normalized spacial score (nSPS) is 47.2. The molecule has 2 N–H and O–H groups in total. The first kappa shape index (κ1) is 22.1. The number of carboxylic acids is 1. The Bertz CT molecular complexity index is 910. The lowest BCUT2D eigenvalue weighted by molar-refractivity contribution is -0.194. The molecule has 6 rings (SSSR count). The van der Waals surface area contributed by atoms with Gasteiger partial charge in [-0.3, -0.25) is 19.3 Å². The lowest BCUT2D eigenvalue weighted by Gasteiger charge is -2.68. The van der Waals surface area contributed by atoms with Crippen LogP contribution in [-0.4, -0.2) is 46.0 Å². The molecule has 0 aromatic carbocycles. The Hall–Kier alpha value is -1.69. The Morgan fingerprint density at radius 1 is 1.16 bits per heavy atom. The molecule has 0 aromatic rings. The highest BCUT2D eigenvalue weighted by Crippen LogP contribution is 2.74. The highest BCUT2D eigenvalue weighted by atomic mass is 16.4. The van der Waals surface area contributed by atoms with Crippen LogP contribution in [0.2, 0.25) is 0 Å². The van der Waals surface area contributed by atoms with E-state index in [9.17, 15) is 24.6 Å². The molecule has 6 heteroatoms. The number of hydrogen-bond donors (Lipinski definition) is 2. The molecule has 8 atom stereocenters. The average Bonchev–Trinajstić information content (AvgIpc) is 3.00. The number of carbonyl (C=O) groups excluding carboxylic acids is 2. The van der Waals surface area contributed by atoms with Crippen molar-refractivity contribution in [2.24, 2.45) is 51.8 Å². The maximum absolute atomic E-state index is 13.6. The van der Waals surface area contributed by atoms with E-state index < -0.39 is 11.4 Å². The maximum Gasteiger partial charge on any atom is 0.309 e. The molecule has 1 spiro atoms. The van der Waals surface area contributed by atoms with Gasteiger partial charge in [0, 0.05) is 5.41 Å². The van der Waals surface area contributed by atoms with E-state index >= 15 is 0 Å². The fraction of sp³-hybridized carbons (Fsp3) is 0.808. The number of rotatable bonds is 4. The predicted molar refractivity (Wildman–Crippen MR) is 118 cm³/mol. The van der Waals surface area contributed by atoms with Crippen molar-refractivity contribution in [3.63, 3.8) is 0 Å². The molecule has 3 saturated carbocycles. The largest absolute Gasteiger partial charge is 0.481 e. The molecular weight excluding hydrogens is 406 g/mol. The van der Waals surface area contributed by atoms with Crippen molar-refractivity contribution < 1.29 is 24.6 Å². The second-order valence-corrected chi connectivity index (χ2v) is 12.0. The summed E-state index contributed by atoms with van der Waals surface area (Å²) in [6.07, 6.45) is 7.42. The first-order valence-corrected chi connectivity index (χ1v) is 12.4. The minimum Gasteiger partial charge on any atom is -0.481 e. The zero-order valence-corrected chi connectivity index (χ0v) is 19.8. The minimum absolute atomic E-state index is 0.0422. The van der Waals surface area contributed by atoms with Crippen LogP contribution in [-0.2, 0) is 14.4 Å². The van der Waals surface area contributed by atoms with Gasteiger partial charge in [0.15, 0.2) is 0 Å². The fourth-order valence-corrected chi connectivity index (χ4v) is 9.34. The van der Waals surface area contributed by atoms with Crippen LogP contribution in [0.25, 0.3) is 0 Å². The van der Waals surface area contributed by atoms with Crippen molar-refractivity contribution in [2.75, 3.05) is 13.2 Å². The fourth-order valence-electron chi connectivity index (χ4n) is 9.34. The van der Waals surface area contributed by atoms with Crippen molar-refractivity contribution >= 4 is 17.8 Å². The van der Waals surface area contributed by atoms with E-state index in [1.54, 1.807) is 0 Å². The number of nitrogens with zero attached hydrogens (tertiary/aromatic N) is 1. The summed E-state index contributed by atoms with van der Waals surface area (Å²) >= 11 is 0. The number of carboxylic acid groups (broad SMARTS) is 1. The molecule has 1 heterocycles. The van der Waals surface area contributed by atoms with E-state index in [1.165, 1.54) is 10.5 Å². The Morgan fingerprint density at radius 2 is 1.88 bits per heavy atom. The van der Waals surface area contributed by atoms with Gasteiger partial charge >= 0.3 is 5.97 Å². The van der Waals surface area contributed by atoms with E-state index in [0.717, 1.165) is 32.1 Å². The lowest BCUT2D eigenvalue weighted by Crippen LogP contribution is -2.65. The number of imide groups is 1. The van der Waals surface area contributed by atoms with Crippen LogP contribution in [0.4, 0.5) is 0 Å². The summed E-state index contributed by atoms with van der Waals surface area (Å²) in [6, 6.07) is 0. The average molecular weight is 444 g/mol. The summed E-state index contributed by atoms with van der Waals surface area (Å²) in [6.45, 7) is 8.44. The van der Waals surface area contributed by atoms with Crippen LogP contribution in [0.3, 0.4) is 0 Å². The summed E-state index contributed by atoms with van der Waals surface area (Å²) in [7, 11) is 0. The number of hydrogen-bond acceptors (Lipinski definition) is 4. The van der Waals surface area contributed by atoms with E-state index in [0.29, 0.717) is 12.3 Å². The van der Waals surface area contributed by atoms with Crippen molar-refractivity contribution in [1.82, 2.24) is 4.90 Å². The number of aliphatic carboxylic acids is 1. The summed E-state index contributed by atoms with van der Waals surface area (Å²) in [5.74, 6) is -0.918. The molecule has 1 saturated heterocycles. The third-order valence-corrected chi connectivity index (χ3v) is 10.6. The number of likely N-dealkylation sites (tertiary alicyclic amines) is 1. The number of aliphatic hydroxyl groups is 1. The molecule has 6 aliphatic rings. The van der Waals surface area contributed by atoms with Crippen LogP contribution in [0, 0.1) is 51.8 Å². The highest BCUT2D eigenvalue weighted by molar-refractivity contribution is 6.06. The molecule has 2 amide bonds. The van der Waals surface area contributed by atoms with Gasteiger partial charge in [-0.05, 0) is 68.1 Å². The molecule has 0 unspecified atom stereocenters. The molecule has 0 radical (unpaired) electrons. The highest BCUT2D eigenvalue weighted by Gasteiger charge is 2.73. The molecule has 176 valence electrons. The minimum atomic E-state index is -0.728. The maximum atomic E-state index is 13.6. The zero-order valence-electron chi connectivity index (χ0n) is 19.8. The van der Waals surface area contributed by atoms with Crippen LogP contribution in [0.1, 0.15) is 66.2 Å². The SMILES string of the molecule is CC(C)C1=C[C@@]23CC[C@H]4[C@](C)(CCC[C@@]4(C)C(=O)O)[C@@H]2C[C@H]1[C@@H]1C(=O)N(CCO)C(=O)[C@@H]13. The second-order valence-electron chi connectivity index (χ2n) is 12.0. The molecule has 32 heavy (non-hydrogen) atoms. The van der Waals surface area contributed by atoms with E-state index in [2.05, 4.69) is 26.8 Å². The number of β-amino-alcohol motifs (C(OH)–C–C–N with tert-alkyl or cyclic N) is 1. The molecule has 5 aliphatic carbocycles. The standard InChI is InChI=1S/C26H37NO5/c1-14(2)16-13-26-9-6-17-24(3,7-5-8-25(17,4)23(31)32)18(26)12-15(16)19-20(26)22(30)27(10-11-28)21(19)29/h13-15,17-20,28H,5-12H2,1-4H3,(H,31,32)/t15-,17+,18+,19+,20-,24+,25-,26+/m1/s1. The van der Waals surface area contributed by atoms with E-state index in [1.807, 2.05) is 6.92 Å². The van der Waals surface area contributed by atoms with Gasteiger partial charge in [-0.15, -0.1) is 0 Å². The Kier molecular flexibility index (Phi) is 4.78. The summed E-state index contributed by atoms with van der Waals surface area (Å²) in [5, 5.41) is 19.7. The Balaban J connectivity index is 1.65. The van der Waals surface area contributed by atoms with E-state index in [-0.39, 0.29) is 65.4 Å². The molecule has 4 fully saturated rings. The quantitative estimate of drug-likeness (QED) is 0.512. The molecular formula is C26H37NO5. The van der Waals surface area contributed by atoms with E-state index in [4.69, 9.17) is 0 Å². The molecule has 1 aliphatic heterocycles. The summed E-state index contributed by atoms with van der Waals surface area (Å²) < 4.78 is 0. The van der Waals surface area contributed by atoms with Crippen LogP contribution in [0.5, 0.6) is 0 Å². The topological polar surface area (TPSA) is 94.9 Å². The smallest absolute Gasteiger partial charge is 0.309 e. The van der Waals surface area contributed by atoms with Crippen molar-refractivity contribution in [1.29, 1.82) is 0 Å². The lowest BCUT2D eigenvalue weighted by atomic mass is 9.34. The first-order chi connectivity index (χ1) is 15.0. The number of fused-ring (bicyclic) bond motifs is 1. The third-order valence-electron chi connectivity index (χ3n) is 10.6. The van der Waals surface area contributed by atoms with Crippen LogP contribution >= 0.6 is 0 Å². The van der Waals surface area contributed by atoms with Crippen molar-refractivity contribution in [3.8, 4) is 0 Å². The number of amides is 2. The van der Waals surface area contributed by atoms with Crippen molar-refractivity contribution in [2.45, 2.75) is 66.2 Å². The van der Waals surface area contributed by atoms with Gasteiger partial charge in [-0.25, -0.2) is 0 Å². The Morgan fingerprint density at radius 3 is 2.50 bits per heavy atom. The van der Waals surface area contributed by atoms with Gasteiger partial charge in [0.2, 0.25) is 11.8 Å². The first-order valence-electron chi connectivity index (χ1n) is 12.4. The second kappa shape index (κ2) is 6.91. The number of carbonyl (C=O) groups is 3. The molecule has 2 bridgehead atoms. The van der Waals surface area contributed by atoms with Crippen LogP contribution in [0.15, 0.2) is 11.6 Å². The predicted octanol–water partition coefficient (Wildman–Crippen LogP) is 3.49. The molecule has 6 nitrogen and oxygen atoms in total. The zero-order chi connectivity index (χ0) is 23.2. The van der Waals surface area contributed by atoms with Gasteiger partial charge in [-0.1, -0.05) is 38.8 Å². The van der Waals surface area contributed by atoms with Gasteiger partial charge in [0.1, 0.15) is 0 Å². The number of allylic oxidation sites excluding steroid dienone is 2.